The molecular weight excluding hydrogens is 380 g/mol. The minimum atomic E-state index is 0.101. The minimum Gasteiger partial charge on any atom is -0.355 e. The molecule has 1 atom stereocenters. The van der Waals surface area contributed by atoms with E-state index in [1.165, 1.54) is 23.5 Å². The Morgan fingerprint density at radius 2 is 1.59 bits per heavy atom. The lowest BCUT2D eigenvalue weighted by atomic mass is 10.1. The molecule has 0 spiro atoms. The van der Waals surface area contributed by atoms with E-state index in [2.05, 4.69) is 5.32 Å². The Morgan fingerprint density at radius 1 is 0.926 bits per heavy atom. The van der Waals surface area contributed by atoms with Crippen LogP contribution in [0, 0.1) is 0 Å². The molecule has 0 aromatic rings. The lowest BCUT2D eigenvalue weighted by molar-refractivity contribution is -0.121. The maximum atomic E-state index is 12.0. The van der Waals surface area contributed by atoms with Crippen LogP contribution in [0.2, 0.25) is 0 Å². The highest BCUT2D eigenvalue weighted by atomic mass is 32.2. The molecule has 0 rings (SSSR count). The summed E-state index contributed by atoms with van der Waals surface area (Å²) in [4.78, 5) is 37.5. The van der Waals surface area contributed by atoms with Crippen LogP contribution in [0.25, 0.3) is 0 Å². The van der Waals surface area contributed by atoms with Crippen LogP contribution in [0.15, 0.2) is 0 Å². The molecule has 1 unspecified atom stereocenters. The van der Waals surface area contributed by atoms with E-state index in [0.29, 0.717) is 25.8 Å². The monoisotopic (exact) mass is 418 g/mol. The van der Waals surface area contributed by atoms with Crippen molar-refractivity contribution < 1.29 is 14.4 Å². The summed E-state index contributed by atoms with van der Waals surface area (Å²) in [7, 11) is 3.97. The first-order valence-corrected chi connectivity index (χ1v) is 12.0. The molecule has 1 N–H and O–H groups in total. The maximum absolute atomic E-state index is 12.0. The summed E-state index contributed by atoms with van der Waals surface area (Å²) >= 11 is 2.83. The van der Waals surface area contributed by atoms with E-state index in [1.54, 1.807) is 0 Å². The van der Waals surface area contributed by atoms with Crippen LogP contribution in [0.1, 0.15) is 71.6 Å². The number of likely N-dealkylation sites (N-methyl/N-ethyl adjacent to an activating group) is 1. The third-order valence-corrected chi connectivity index (χ3v) is 6.21. The van der Waals surface area contributed by atoms with Crippen LogP contribution in [0.5, 0.6) is 0 Å². The number of nitrogens with one attached hydrogen (secondary N) is 1. The van der Waals surface area contributed by atoms with Crippen LogP contribution in [0.4, 0.5) is 0 Å². The predicted molar refractivity (Wildman–Crippen MR) is 118 cm³/mol. The first kappa shape index (κ1) is 26.5. The van der Waals surface area contributed by atoms with Crippen LogP contribution in [-0.2, 0) is 14.4 Å². The molecule has 5 nitrogen and oxygen atoms in total. The lowest BCUT2D eigenvalue weighted by Gasteiger charge is -2.15. The highest BCUT2D eigenvalue weighted by Gasteiger charge is 2.15. The van der Waals surface area contributed by atoms with Crippen molar-refractivity contribution in [3.8, 4) is 0 Å². The summed E-state index contributed by atoms with van der Waals surface area (Å²) in [6.07, 6.45) is 7.10. The van der Waals surface area contributed by atoms with Gasteiger partial charge in [0.25, 0.3) is 0 Å². The van der Waals surface area contributed by atoms with Gasteiger partial charge in [0.15, 0.2) is 10.2 Å². The summed E-state index contributed by atoms with van der Waals surface area (Å²) in [6, 6.07) is 0. The number of rotatable bonds is 16. The number of thioether (sulfide) groups is 2. The predicted octanol–water partition coefficient (Wildman–Crippen LogP) is 4.10. The molecule has 0 bridgehead atoms. The van der Waals surface area contributed by atoms with E-state index in [9.17, 15) is 14.4 Å². The van der Waals surface area contributed by atoms with Crippen molar-refractivity contribution in [1.29, 1.82) is 0 Å². The van der Waals surface area contributed by atoms with Crippen molar-refractivity contribution in [3.05, 3.63) is 0 Å². The van der Waals surface area contributed by atoms with Gasteiger partial charge in [-0.05, 0) is 46.2 Å². The Hall–Kier alpha value is -0.530. The summed E-state index contributed by atoms with van der Waals surface area (Å²) in [6.45, 7) is 5.55. The Kier molecular flexibility index (Phi) is 17.2. The van der Waals surface area contributed by atoms with Crippen molar-refractivity contribution in [2.24, 2.45) is 0 Å². The standard InChI is InChI=1S/C20H38N2O3S2/c1-5-9-19(24)26-16-13-17(27-20(25)10-6-2)11-7-8-12-18(23)21-14-15-22(3)4/h17H,5-16H2,1-4H3,(H,21,23). The minimum absolute atomic E-state index is 0.101. The third-order valence-electron chi connectivity index (χ3n) is 3.97. The van der Waals surface area contributed by atoms with E-state index in [-0.39, 0.29) is 21.4 Å². The van der Waals surface area contributed by atoms with Crippen molar-refractivity contribution in [2.75, 3.05) is 32.9 Å². The highest BCUT2D eigenvalue weighted by molar-refractivity contribution is 8.14. The lowest BCUT2D eigenvalue weighted by Crippen LogP contribution is -2.31. The molecule has 0 aliphatic heterocycles. The summed E-state index contributed by atoms with van der Waals surface area (Å²) in [5.74, 6) is 0.879. The number of unbranched alkanes of at least 4 members (excludes halogenated alkanes) is 1. The van der Waals surface area contributed by atoms with Crippen molar-refractivity contribution in [1.82, 2.24) is 10.2 Å². The van der Waals surface area contributed by atoms with Gasteiger partial charge in [-0.3, -0.25) is 14.4 Å². The molecule has 0 aliphatic rings. The molecule has 0 aromatic heterocycles. The molecule has 0 fully saturated rings. The van der Waals surface area contributed by atoms with Gasteiger partial charge in [-0.25, -0.2) is 0 Å². The summed E-state index contributed by atoms with van der Waals surface area (Å²) in [5.41, 5.74) is 0. The smallest absolute Gasteiger partial charge is 0.220 e. The SMILES string of the molecule is CCCC(=O)SCCC(CCCCC(=O)NCCN(C)C)SC(=O)CCC. The average molecular weight is 419 g/mol. The second kappa shape index (κ2) is 17.6. The van der Waals surface area contributed by atoms with Gasteiger partial charge in [0.05, 0.1) is 0 Å². The number of carbonyl (C=O) groups excluding carboxylic acids is 3. The van der Waals surface area contributed by atoms with Gasteiger partial charge in [0, 0.05) is 43.4 Å². The van der Waals surface area contributed by atoms with Crippen molar-refractivity contribution in [2.45, 2.75) is 76.9 Å². The fraction of sp³-hybridized carbons (Fsp3) is 0.850. The van der Waals surface area contributed by atoms with Crippen LogP contribution < -0.4 is 5.32 Å². The van der Waals surface area contributed by atoms with Gasteiger partial charge >= 0.3 is 0 Å². The van der Waals surface area contributed by atoms with Crippen LogP contribution >= 0.6 is 23.5 Å². The van der Waals surface area contributed by atoms with Gasteiger partial charge < -0.3 is 10.2 Å². The number of amides is 1. The Morgan fingerprint density at radius 3 is 2.22 bits per heavy atom. The average Bonchev–Trinajstić information content (AvgIpc) is 2.58. The maximum Gasteiger partial charge on any atom is 0.220 e. The van der Waals surface area contributed by atoms with E-state index in [0.717, 1.165) is 50.8 Å². The van der Waals surface area contributed by atoms with E-state index in [1.807, 2.05) is 32.8 Å². The largest absolute Gasteiger partial charge is 0.355 e. The third kappa shape index (κ3) is 17.3. The molecule has 7 heteroatoms. The van der Waals surface area contributed by atoms with Gasteiger partial charge in [-0.1, -0.05) is 43.8 Å². The second-order valence-corrected chi connectivity index (χ2v) is 9.53. The van der Waals surface area contributed by atoms with Gasteiger partial charge in [0.1, 0.15) is 0 Å². The molecule has 0 aromatic carbocycles. The summed E-state index contributed by atoms with van der Waals surface area (Å²) in [5, 5.41) is 3.67. The first-order valence-electron chi connectivity index (χ1n) is 10.2. The number of carbonyl (C=O) groups is 3. The zero-order valence-corrected chi connectivity index (χ0v) is 19.2. The Bertz CT molecular complexity index is 431. The van der Waals surface area contributed by atoms with Gasteiger partial charge in [0.2, 0.25) is 5.91 Å². The van der Waals surface area contributed by atoms with E-state index < -0.39 is 0 Å². The van der Waals surface area contributed by atoms with E-state index in [4.69, 9.17) is 0 Å². The highest BCUT2D eigenvalue weighted by Crippen LogP contribution is 2.25. The molecule has 0 saturated heterocycles. The molecule has 1 amide bonds. The number of nitrogens with zero attached hydrogens (tertiary/aromatic N) is 1. The van der Waals surface area contributed by atoms with Crippen molar-refractivity contribution in [3.63, 3.8) is 0 Å². The fourth-order valence-corrected chi connectivity index (χ4v) is 4.80. The number of hydrogen-bond acceptors (Lipinski definition) is 6. The molecule has 27 heavy (non-hydrogen) atoms. The van der Waals surface area contributed by atoms with Crippen LogP contribution in [0.3, 0.4) is 0 Å². The number of hydrogen-bond donors (Lipinski definition) is 1. The zero-order chi connectivity index (χ0) is 20.5. The van der Waals surface area contributed by atoms with E-state index >= 15 is 0 Å². The molecule has 0 aliphatic carbocycles. The zero-order valence-electron chi connectivity index (χ0n) is 17.6. The molecule has 0 saturated carbocycles. The second-order valence-electron chi connectivity index (χ2n) is 7.02. The van der Waals surface area contributed by atoms with Gasteiger partial charge in [-0.2, -0.15) is 0 Å². The molecular formula is C20H38N2O3S2. The summed E-state index contributed by atoms with van der Waals surface area (Å²) < 4.78 is 0. The quantitative estimate of drug-likeness (QED) is 0.381. The Labute approximate surface area is 174 Å². The van der Waals surface area contributed by atoms with Crippen molar-refractivity contribution >= 4 is 39.7 Å². The first-order chi connectivity index (χ1) is 12.9. The fourth-order valence-electron chi connectivity index (χ4n) is 2.46. The molecule has 0 heterocycles. The molecule has 158 valence electrons. The normalized spacial score (nSPS) is 12.2. The topological polar surface area (TPSA) is 66.5 Å². The molecule has 0 radical (unpaired) electrons. The van der Waals surface area contributed by atoms with Crippen LogP contribution in [-0.4, -0.2) is 59.2 Å². The Balaban J connectivity index is 4.12. The van der Waals surface area contributed by atoms with Gasteiger partial charge in [-0.15, -0.1) is 0 Å².